The molecule has 24 heavy (non-hydrogen) atoms. The maximum atomic E-state index is 13.0. The first-order chi connectivity index (χ1) is 11.6. The van der Waals surface area contributed by atoms with Gasteiger partial charge in [0.25, 0.3) is 11.5 Å². The maximum absolute atomic E-state index is 13.0. The van der Waals surface area contributed by atoms with Gasteiger partial charge in [0.1, 0.15) is 0 Å². The molecule has 1 aliphatic rings. The van der Waals surface area contributed by atoms with Crippen molar-refractivity contribution < 1.29 is 4.79 Å². The number of benzene rings is 1. The van der Waals surface area contributed by atoms with Crippen LogP contribution in [-0.4, -0.2) is 33.7 Å². The number of carbonyl (C=O) groups excluding carboxylic acids is 1. The first kappa shape index (κ1) is 16.7. The number of amides is 1. The molecule has 5 heteroatoms. The Bertz CT molecular complexity index is 797. The highest BCUT2D eigenvalue weighted by Crippen LogP contribution is 2.23. The Kier molecular flexibility index (Phi) is 4.97. The molecule has 0 spiro atoms. The van der Waals surface area contributed by atoms with Crippen molar-refractivity contribution in [2.24, 2.45) is 13.0 Å². The molecule has 5 nitrogen and oxygen atoms in total. The van der Waals surface area contributed by atoms with Crippen molar-refractivity contribution in [1.29, 1.82) is 0 Å². The fourth-order valence-electron chi connectivity index (χ4n) is 3.67. The fraction of sp³-hybridized carbons (Fsp3) is 0.526. The van der Waals surface area contributed by atoms with Crippen molar-refractivity contribution >= 4 is 16.7 Å². The van der Waals surface area contributed by atoms with E-state index in [-0.39, 0.29) is 11.5 Å². The minimum absolute atomic E-state index is 0.0565. The first-order valence-electron chi connectivity index (χ1n) is 8.87. The molecule has 0 bridgehead atoms. The normalized spacial score (nSPS) is 18.6. The van der Waals surface area contributed by atoms with Crippen LogP contribution in [0.15, 0.2) is 29.1 Å². The summed E-state index contributed by atoms with van der Waals surface area (Å²) in [6, 6.07) is 7.24. The van der Waals surface area contributed by atoms with Crippen LogP contribution < -0.4 is 5.56 Å². The molecule has 2 aromatic rings. The topological polar surface area (TPSA) is 55.2 Å². The molecule has 0 N–H and O–H groups in total. The molecule has 1 unspecified atom stereocenters. The van der Waals surface area contributed by atoms with Crippen LogP contribution in [0.25, 0.3) is 10.8 Å². The summed E-state index contributed by atoms with van der Waals surface area (Å²) in [6.07, 6.45) is 5.73. The third-order valence-corrected chi connectivity index (χ3v) is 4.99. The Morgan fingerprint density at radius 3 is 2.71 bits per heavy atom. The molecule has 1 aromatic heterocycles. The van der Waals surface area contributed by atoms with E-state index in [1.165, 1.54) is 23.9 Å². The quantitative estimate of drug-likeness (QED) is 0.871. The van der Waals surface area contributed by atoms with E-state index in [1.54, 1.807) is 13.1 Å². The summed E-state index contributed by atoms with van der Waals surface area (Å²) in [5, 5.41) is 5.48. The van der Waals surface area contributed by atoms with E-state index < -0.39 is 0 Å². The highest BCUT2D eigenvalue weighted by atomic mass is 16.2. The van der Waals surface area contributed by atoms with E-state index >= 15 is 0 Å². The number of nitrogens with zero attached hydrogens (tertiary/aromatic N) is 3. The summed E-state index contributed by atoms with van der Waals surface area (Å²) in [7, 11) is 1.60. The summed E-state index contributed by atoms with van der Waals surface area (Å²) in [6.45, 7) is 3.77. The van der Waals surface area contributed by atoms with Gasteiger partial charge in [-0.15, -0.1) is 0 Å². The van der Waals surface area contributed by atoms with Gasteiger partial charge in [-0.25, -0.2) is 4.68 Å². The summed E-state index contributed by atoms with van der Waals surface area (Å²) < 4.78 is 1.27. The van der Waals surface area contributed by atoms with Crippen LogP contribution in [0.1, 0.15) is 49.5 Å². The minimum Gasteiger partial charge on any atom is -0.337 e. The second-order valence-electron chi connectivity index (χ2n) is 6.70. The van der Waals surface area contributed by atoms with Gasteiger partial charge in [-0.05, 0) is 31.2 Å². The van der Waals surface area contributed by atoms with E-state index in [9.17, 15) is 9.59 Å². The van der Waals surface area contributed by atoms with Crippen LogP contribution in [0.3, 0.4) is 0 Å². The van der Waals surface area contributed by atoms with Crippen molar-refractivity contribution in [3.63, 3.8) is 0 Å². The number of hydrogen-bond acceptors (Lipinski definition) is 3. The van der Waals surface area contributed by atoms with Crippen LogP contribution in [0.5, 0.6) is 0 Å². The van der Waals surface area contributed by atoms with Gasteiger partial charge in [0, 0.05) is 25.5 Å². The van der Waals surface area contributed by atoms with E-state index in [2.05, 4.69) is 12.0 Å². The van der Waals surface area contributed by atoms with Gasteiger partial charge >= 0.3 is 0 Å². The van der Waals surface area contributed by atoms with Gasteiger partial charge < -0.3 is 4.90 Å². The van der Waals surface area contributed by atoms with Crippen LogP contribution in [-0.2, 0) is 7.05 Å². The summed E-state index contributed by atoms with van der Waals surface area (Å²) in [4.78, 5) is 27.2. The average molecular weight is 327 g/mol. The van der Waals surface area contributed by atoms with E-state index in [4.69, 9.17) is 0 Å². The molecule has 2 heterocycles. The molecular weight excluding hydrogens is 302 g/mol. The lowest BCUT2D eigenvalue weighted by Crippen LogP contribution is -2.34. The van der Waals surface area contributed by atoms with E-state index in [0.717, 1.165) is 31.8 Å². The largest absolute Gasteiger partial charge is 0.337 e. The van der Waals surface area contributed by atoms with Gasteiger partial charge in [-0.1, -0.05) is 38.0 Å². The van der Waals surface area contributed by atoms with Crippen molar-refractivity contribution in [2.45, 2.75) is 39.0 Å². The average Bonchev–Trinajstić information content (AvgIpc) is 2.84. The minimum atomic E-state index is -0.166. The Hall–Kier alpha value is -2.17. The van der Waals surface area contributed by atoms with Gasteiger partial charge in [-0.3, -0.25) is 9.59 Å². The molecule has 1 amide bonds. The van der Waals surface area contributed by atoms with Gasteiger partial charge in [-0.2, -0.15) is 5.10 Å². The smallest absolute Gasteiger partial charge is 0.274 e. The van der Waals surface area contributed by atoms with Crippen LogP contribution in [0, 0.1) is 5.92 Å². The molecule has 0 radical (unpaired) electrons. The molecule has 0 saturated carbocycles. The van der Waals surface area contributed by atoms with E-state index in [0.29, 0.717) is 16.5 Å². The zero-order valence-electron chi connectivity index (χ0n) is 14.5. The number of rotatable bonds is 3. The molecule has 1 aliphatic heterocycles. The Labute approximate surface area is 142 Å². The highest BCUT2D eigenvalue weighted by Gasteiger charge is 2.24. The standard InChI is InChI=1S/C19H25N3O2/c1-3-7-14-8-6-12-22(13-11-14)19(24)17-15-9-4-5-10-16(15)18(23)21(2)20-17/h4-5,9-10,14H,3,6-8,11-13H2,1-2H3. The van der Waals surface area contributed by atoms with Crippen molar-refractivity contribution in [1.82, 2.24) is 14.7 Å². The van der Waals surface area contributed by atoms with Gasteiger partial charge in [0.05, 0.1) is 5.39 Å². The molecule has 1 atom stereocenters. The molecule has 1 aromatic carbocycles. The number of likely N-dealkylation sites (tertiary alicyclic amines) is 1. The second kappa shape index (κ2) is 7.16. The van der Waals surface area contributed by atoms with Crippen molar-refractivity contribution in [3.8, 4) is 0 Å². The lowest BCUT2D eigenvalue weighted by molar-refractivity contribution is 0.0753. The van der Waals surface area contributed by atoms with Crippen LogP contribution in [0.4, 0.5) is 0 Å². The molecule has 1 saturated heterocycles. The zero-order chi connectivity index (χ0) is 17.1. The summed E-state index contributed by atoms with van der Waals surface area (Å²) in [5.74, 6) is 0.664. The number of aromatic nitrogens is 2. The molecule has 128 valence electrons. The molecule has 1 fully saturated rings. The van der Waals surface area contributed by atoms with Crippen LogP contribution >= 0.6 is 0 Å². The van der Waals surface area contributed by atoms with Gasteiger partial charge in [0.2, 0.25) is 0 Å². The lowest BCUT2D eigenvalue weighted by Gasteiger charge is -2.21. The molecule has 3 rings (SSSR count). The van der Waals surface area contributed by atoms with Crippen LogP contribution in [0.2, 0.25) is 0 Å². The predicted molar refractivity (Wildman–Crippen MR) is 95.1 cm³/mol. The van der Waals surface area contributed by atoms with Crippen molar-refractivity contribution in [2.75, 3.05) is 13.1 Å². The predicted octanol–water partition coefficient (Wildman–Crippen LogP) is 2.98. The van der Waals surface area contributed by atoms with Gasteiger partial charge in [0.15, 0.2) is 5.69 Å². The third kappa shape index (κ3) is 3.21. The second-order valence-corrected chi connectivity index (χ2v) is 6.70. The molecule has 0 aliphatic carbocycles. The maximum Gasteiger partial charge on any atom is 0.274 e. The number of aryl methyl sites for hydroxylation is 1. The highest BCUT2D eigenvalue weighted by molar-refractivity contribution is 6.04. The SMILES string of the molecule is CCCC1CCCN(C(=O)c2nn(C)c(=O)c3ccccc23)CC1. The van der Waals surface area contributed by atoms with Crippen molar-refractivity contribution in [3.05, 3.63) is 40.3 Å². The molecular formula is C19H25N3O2. The fourth-order valence-corrected chi connectivity index (χ4v) is 3.67. The Morgan fingerprint density at radius 2 is 1.96 bits per heavy atom. The number of hydrogen-bond donors (Lipinski definition) is 0. The summed E-state index contributed by atoms with van der Waals surface area (Å²) in [5.41, 5.74) is 0.225. The zero-order valence-corrected chi connectivity index (χ0v) is 14.5. The first-order valence-corrected chi connectivity index (χ1v) is 8.87. The third-order valence-electron chi connectivity index (χ3n) is 4.99. The Balaban J connectivity index is 1.92. The lowest BCUT2D eigenvalue weighted by atomic mass is 9.96. The monoisotopic (exact) mass is 327 g/mol. The van der Waals surface area contributed by atoms with E-state index in [1.807, 2.05) is 23.1 Å². The number of fused-ring (bicyclic) bond motifs is 1. The Morgan fingerprint density at radius 1 is 1.21 bits per heavy atom. The number of carbonyl (C=O) groups is 1. The summed E-state index contributed by atoms with van der Waals surface area (Å²) >= 11 is 0.